The highest BCUT2D eigenvalue weighted by Gasteiger charge is 2.41. The number of aromatic nitrogens is 1. The molecule has 3 heterocycles. The maximum Gasteiger partial charge on any atom is 0.255 e. The number of hydrogen-bond donors (Lipinski definition) is 0. The molecule has 24 heavy (non-hydrogen) atoms. The number of amides is 1. The predicted octanol–water partition coefficient (Wildman–Crippen LogP) is 2.36. The molecule has 1 aromatic rings. The number of carbonyl (C=O) groups is 1. The maximum atomic E-state index is 12.7. The molecule has 2 aliphatic heterocycles. The molecule has 5 nitrogen and oxygen atoms in total. The molecule has 0 aliphatic carbocycles. The third kappa shape index (κ3) is 3.62. The van der Waals surface area contributed by atoms with E-state index in [0.717, 1.165) is 57.5 Å². The van der Waals surface area contributed by atoms with Gasteiger partial charge in [0.15, 0.2) is 0 Å². The van der Waals surface area contributed by atoms with Crippen LogP contribution in [0.5, 0.6) is 0 Å². The van der Waals surface area contributed by atoms with Crippen LogP contribution in [-0.2, 0) is 11.2 Å². The summed E-state index contributed by atoms with van der Waals surface area (Å²) in [5, 5.41) is 0. The van der Waals surface area contributed by atoms with Crippen molar-refractivity contribution in [2.75, 3.05) is 33.8 Å². The molecule has 1 unspecified atom stereocenters. The second kappa shape index (κ2) is 7.19. The number of rotatable bonds is 3. The van der Waals surface area contributed by atoms with E-state index in [1.54, 1.807) is 6.20 Å². The summed E-state index contributed by atoms with van der Waals surface area (Å²) in [6.45, 7) is 4.45. The van der Waals surface area contributed by atoms with E-state index in [1.807, 2.05) is 17.0 Å². The van der Waals surface area contributed by atoms with Crippen molar-refractivity contribution in [3.8, 4) is 0 Å². The zero-order valence-corrected chi connectivity index (χ0v) is 15.1. The monoisotopic (exact) mass is 331 g/mol. The van der Waals surface area contributed by atoms with Crippen LogP contribution in [0.3, 0.4) is 0 Å². The van der Waals surface area contributed by atoms with Crippen molar-refractivity contribution in [1.29, 1.82) is 0 Å². The van der Waals surface area contributed by atoms with Crippen LogP contribution in [0, 0.1) is 0 Å². The molecule has 0 aromatic carbocycles. The molecule has 1 aromatic heterocycles. The van der Waals surface area contributed by atoms with Gasteiger partial charge in [0.05, 0.1) is 11.2 Å². The van der Waals surface area contributed by atoms with Crippen LogP contribution >= 0.6 is 0 Å². The van der Waals surface area contributed by atoms with Gasteiger partial charge >= 0.3 is 0 Å². The Morgan fingerprint density at radius 2 is 2.12 bits per heavy atom. The normalized spacial score (nSPS) is 23.7. The van der Waals surface area contributed by atoms with Gasteiger partial charge in [-0.2, -0.15) is 0 Å². The summed E-state index contributed by atoms with van der Waals surface area (Å²) in [6, 6.07) is 4.44. The fraction of sp³-hybridized carbons (Fsp3) is 0.684. The van der Waals surface area contributed by atoms with Crippen LogP contribution in [0.1, 0.15) is 48.7 Å². The highest BCUT2D eigenvalue weighted by Crippen LogP contribution is 2.36. The number of piperidine rings is 1. The lowest BCUT2D eigenvalue weighted by Crippen LogP contribution is -2.53. The molecule has 132 valence electrons. The molecule has 5 heteroatoms. The van der Waals surface area contributed by atoms with Crippen LogP contribution < -0.4 is 0 Å². The van der Waals surface area contributed by atoms with Crippen molar-refractivity contribution >= 4 is 5.91 Å². The molecule has 1 amide bonds. The van der Waals surface area contributed by atoms with Crippen LogP contribution in [0.2, 0.25) is 0 Å². The number of hydrogen-bond acceptors (Lipinski definition) is 4. The van der Waals surface area contributed by atoms with E-state index in [2.05, 4.69) is 30.9 Å². The number of nitrogens with zero attached hydrogens (tertiary/aromatic N) is 3. The summed E-state index contributed by atoms with van der Waals surface area (Å²) in [5.41, 5.74) is 1.68. The summed E-state index contributed by atoms with van der Waals surface area (Å²) in [6.07, 6.45) is 6.66. The number of aryl methyl sites for hydroxylation is 1. The number of ether oxygens (including phenoxy) is 1. The van der Waals surface area contributed by atoms with Gasteiger partial charge in [0.25, 0.3) is 5.91 Å². The molecule has 3 rings (SSSR count). The van der Waals surface area contributed by atoms with E-state index in [9.17, 15) is 4.79 Å². The fourth-order valence-electron chi connectivity index (χ4n) is 3.85. The highest BCUT2D eigenvalue weighted by atomic mass is 16.5. The van der Waals surface area contributed by atoms with Gasteiger partial charge in [0.2, 0.25) is 0 Å². The van der Waals surface area contributed by atoms with Crippen molar-refractivity contribution < 1.29 is 9.53 Å². The van der Waals surface area contributed by atoms with Crippen LogP contribution in [0.15, 0.2) is 18.3 Å². The Morgan fingerprint density at radius 3 is 2.71 bits per heavy atom. The van der Waals surface area contributed by atoms with Gasteiger partial charge in [-0.25, -0.2) is 0 Å². The van der Waals surface area contributed by atoms with Crippen molar-refractivity contribution in [1.82, 2.24) is 14.8 Å². The summed E-state index contributed by atoms with van der Waals surface area (Å²) < 4.78 is 6.17. The first-order chi connectivity index (χ1) is 11.5. The minimum absolute atomic E-state index is 0.0334. The fourth-order valence-corrected chi connectivity index (χ4v) is 3.85. The largest absolute Gasteiger partial charge is 0.375 e. The van der Waals surface area contributed by atoms with Gasteiger partial charge in [0, 0.05) is 37.6 Å². The average molecular weight is 331 g/mol. The molecule has 0 radical (unpaired) electrons. The first-order valence-corrected chi connectivity index (χ1v) is 9.07. The van der Waals surface area contributed by atoms with Crippen molar-refractivity contribution in [3.63, 3.8) is 0 Å². The molecule has 2 aliphatic rings. The summed E-state index contributed by atoms with van der Waals surface area (Å²) >= 11 is 0. The molecule has 1 spiro atoms. The molecular formula is C19H29N3O2. The van der Waals surface area contributed by atoms with Crippen molar-refractivity contribution in [3.05, 3.63) is 29.6 Å². The topological polar surface area (TPSA) is 45.7 Å². The highest BCUT2D eigenvalue weighted by molar-refractivity contribution is 5.94. The van der Waals surface area contributed by atoms with E-state index in [0.29, 0.717) is 11.6 Å². The maximum absolute atomic E-state index is 12.7. The lowest BCUT2D eigenvalue weighted by molar-refractivity contribution is -0.125. The molecular weight excluding hydrogens is 302 g/mol. The third-order valence-corrected chi connectivity index (χ3v) is 5.59. The smallest absolute Gasteiger partial charge is 0.255 e. The molecule has 0 N–H and O–H groups in total. The molecule has 1 atom stereocenters. The minimum Gasteiger partial charge on any atom is -0.375 e. The molecule has 0 bridgehead atoms. The standard InChI is InChI=1S/C19H29N3O2/c1-4-16-6-5-15(14-20-16)18(23)22-10-8-19(9-11-22)13-17(21(2)3)7-12-24-19/h5-6,14,17H,4,7-13H2,1-3H3. The average Bonchev–Trinajstić information content (AvgIpc) is 2.62. The number of likely N-dealkylation sites (tertiary alicyclic amines) is 1. The third-order valence-electron chi connectivity index (χ3n) is 5.59. The van der Waals surface area contributed by atoms with E-state index >= 15 is 0 Å². The Hall–Kier alpha value is -1.46. The van der Waals surface area contributed by atoms with Crippen LogP contribution in [-0.4, -0.2) is 66.1 Å². The van der Waals surface area contributed by atoms with Crippen LogP contribution in [0.25, 0.3) is 0 Å². The number of pyridine rings is 1. The van der Waals surface area contributed by atoms with Crippen LogP contribution in [0.4, 0.5) is 0 Å². The van der Waals surface area contributed by atoms with E-state index in [4.69, 9.17) is 4.74 Å². The zero-order chi connectivity index (χ0) is 17.2. The Labute approximate surface area is 145 Å². The predicted molar refractivity (Wildman–Crippen MR) is 94.1 cm³/mol. The summed E-state index contributed by atoms with van der Waals surface area (Å²) in [4.78, 5) is 21.3. The summed E-state index contributed by atoms with van der Waals surface area (Å²) in [5.74, 6) is 0.0972. The van der Waals surface area contributed by atoms with Crippen molar-refractivity contribution in [2.45, 2.75) is 50.7 Å². The molecule has 2 fully saturated rings. The first-order valence-electron chi connectivity index (χ1n) is 9.07. The SMILES string of the molecule is CCc1ccc(C(=O)N2CCC3(CC2)CC(N(C)C)CCO3)cn1. The van der Waals surface area contributed by atoms with E-state index < -0.39 is 0 Å². The summed E-state index contributed by atoms with van der Waals surface area (Å²) in [7, 11) is 4.30. The molecule has 2 saturated heterocycles. The van der Waals surface area contributed by atoms with Gasteiger partial charge < -0.3 is 14.5 Å². The lowest BCUT2D eigenvalue weighted by Gasteiger charge is -2.47. The first kappa shape index (κ1) is 17.4. The van der Waals surface area contributed by atoms with Gasteiger partial charge in [-0.15, -0.1) is 0 Å². The van der Waals surface area contributed by atoms with Gasteiger partial charge in [-0.05, 0) is 58.3 Å². The second-order valence-electron chi connectivity index (χ2n) is 7.33. The lowest BCUT2D eigenvalue weighted by atomic mass is 9.82. The minimum atomic E-state index is -0.0334. The van der Waals surface area contributed by atoms with Crippen molar-refractivity contribution in [2.24, 2.45) is 0 Å². The Morgan fingerprint density at radius 1 is 1.38 bits per heavy atom. The van der Waals surface area contributed by atoms with E-state index in [1.165, 1.54) is 0 Å². The van der Waals surface area contributed by atoms with Gasteiger partial charge in [0.1, 0.15) is 0 Å². The molecule has 0 saturated carbocycles. The van der Waals surface area contributed by atoms with Gasteiger partial charge in [-0.1, -0.05) is 6.92 Å². The second-order valence-corrected chi connectivity index (χ2v) is 7.33. The number of carbonyl (C=O) groups excluding carboxylic acids is 1. The quantitative estimate of drug-likeness (QED) is 0.853. The Bertz CT molecular complexity index is 562. The van der Waals surface area contributed by atoms with Gasteiger partial charge in [-0.3, -0.25) is 9.78 Å². The Kier molecular flexibility index (Phi) is 5.21. The zero-order valence-electron chi connectivity index (χ0n) is 15.1. The Balaban J connectivity index is 1.60. The van der Waals surface area contributed by atoms with E-state index in [-0.39, 0.29) is 11.5 Å².